The molecule has 0 atom stereocenters. The molecule has 1 aromatic heterocycles. The number of aromatic nitrogens is 1. The summed E-state index contributed by atoms with van der Waals surface area (Å²) in [5.41, 5.74) is 1.11. The van der Waals surface area contributed by atoms with Crippen molar-refractivity contribution in [3.05, 3.63) is 40.7 Å². The molecule has 0 unspecified atom stereocenters. The molecule has 2 aromatic rings. The van der Waals surface area contributed by atoms with Crippen molar-refractivity contribution < 1.29 is 9.50 Å². The predicted molar refractivity (Wildman–Crippen MR) is 58.2 cm³/mol. The quantitative estimate of drug-likeness (QED) is 0.849. The number of aliphatic hydroxyl groups excluding tert-OH is 1. The summed E-state index contributed by atoms with van der Waals surface area (Å²) >= 11 is 1.40. The zero-order chi connectivity index (χ0) is 10.8. The lowest BCUT2D eigenvalue weighted by Gasteiger charge is -1.96. The highest BCUT2D eigenvalue weighted by molar-refractivity contribution is 7.15. The van der Waals surface area contributed by atoms with Crippen LogP contribution in [0.4, 0.5) is 4.39 Å². The molecule has 0 amide bonds. The van der Waals surface area contributed by atoms with E-state index in [9.17, 15) is 4.39 Å². The Morgan fingerprint density at radius 1 is 1.40 bits per heavy atom. The van der Waals surface area contributed by atoms with Gasteiger partial charge in [0.15, 0.2) is 0 Å². The summed E-state index contributed by atoms with van der Waals surface area (Å²) < 4.78 is 13.4. The van der Waals surface area contributed by atoms with Gasteiger partial charge in [0.25, 0.3) is 0 Å². The average molecular weight is 223 g/mol. The van der Waals surface area contributed by atoms with Crippen LogP contribution in [0, 0.1) is 12.7 Å². The SMILES string of the molecule is Cc1sc(-c2ccccc2F)nc1CO. The van der Waals surface area contributed by atoms with E-state index < -0.39 is 0 Å². The van der Waals surface area contributed by atoms with E-state index >= 15 is 0 Å². The van der Waals surface area contributed by atoms with Crippen LogP contribution >= 0.6 is 11.3 Å². The molecule has 0 aliphatic heterocycles. The summed E-state index contributed by atoms with van der Waals surface area (Å²) in [6.07, 6.45) is 0. The molecular weight excluding hydrogens is 213 g/mol. The second-order valence-corrected chi connectivity index (χ2v) is 4.36. The standard InChI is InChI=1S/C11H10FNOS/c1-7-10(6-14)13-11(15-7)8-4-2-3-5-9(8)12/h2-5,14H,6H2,1H3. The molecule has 4 heteroatoms. The normalized spacial score (nSPS) is 10.6. The van der Waals surface area contributed by atoms with E-state index in [0.29, 0.717) is 16.3 Å². The van der Waals surface area contributed by atoms with Crippen molar-refractivity contribution in [3.63, 3.8) is 0 Å². The van der Waals surface area contributed by atoms with Crippen molar-refractivity contribution in [1.82, 2.24) is 4.98 Å². The van der Waals surface area contributed by atoms with E-state index in [0.717, 1.165) is 4.88 Å². The minimum absolute atomic E-state index is 0.100. The van der Waals surface area contributed by atoms with Gasteiger partial charge in [0.1, 0.15) is 10.8 Å². The van der Waals surface area contributed by atoms with E-state index in [4.69, 9.17) is 5.11 Å². The maximum absolute atomic E-state index is 13.4. The lowest BCUT2D eigenvalue weighted by molar-refractivity contribution is 0.277. The lowest BCUT2D eigenvalue weighted by Crippen LogP contribution is -1.86. The monoisotopic (exact) mass is 223 g/mol. The molecule has 1 heterocycles. The smallest absolute Gasteiger partial charge is 0.133 e. The number of halogens is 1. The van der Waals surface area contributed by atoms with E-state index in [1.807, 2.05) is 6.92 Å². The fraction of sp³-hybridized carbons (Fsp3) is 0.182. The van der Waals surface area contributed by atoms with Gasteiger partial charge in [-0.2, -0.15) is 0 Å². The molecule has 0 aliphatic rings. The second-order valence-electron chi connectivity index (χ2n) is 3.16. The average Bonchev–Trinajstić information content (AvgIpc) is 2.60. The third-order valence-electron chi connectivity index (χ3n) is 2.15. The van der Waals surface area contributed by atoms with Crippen LogP contribution in [-0.2, 0) is 6.61 Å². The van der Waals surface area contributed by atoms with Crippen molar-refractivity contribution in [2.24, 2.45) is 0 Å². The van der Waals surface area contributed by atoms with Gasteiger partial charge in [-0.3, -0.25) is 0 Å². The van der Waals surface area contributed by atoms with Crippen molar-refractivity contribution >= 4 is 11.3 Å². The highest BCUT2D eigenvalue weighted by Gasteiger charge is 2.11. The van der Waals surface area contributed by atoms with Crippen LogP contribution in [0.1, 0.15) is 10.6 Å². The number of nitrogens with zero attached hydrogens (tertiary/aromatic N) is 1. The first-order valence-electron chi connectivity index (χ1n) is 4.54. The lowest BCUT2D eigenvalue weighted by atomic mass is 10.2. The Labute approximate surface area is 91.0 Å². The van der Waals surface area contributed by atoms with Crippen LogP contribution < -0.4 is 0 Å². The summed E-state index contributed by atoms with van der Waals surface area (Å²) in [6.45, 7) is 1.77. The van der Waals surface area contributed by atoms with Gasteiger partial charge in [0.2, 0.25) is 0 Å². The van der Waals surface area contributed by atoms with Gasteiger partial charge in [-0.1, -0.05) is 12.1 Å². The largest absolute Gasteiger partial charge is 0.390 e. The molecule has 0 radical (unpaired) electrons. The molecule has 2 rings (SSSR count). The minimum Gasteiger partial charge on any atom is -0.390 e. The number of hydrogen-bond acceptors (Lipinski definition) is 3. The summed E-state index contributed by atoms with van der Waals surface area (Å²) in [4.78, 5) is 5.11. The second kappa shape index (κ2) is 4.08. The molecule has 0 aliphatic carbocycles. The Morgan fingerprint density at radius 3 is 2.73 bits per heavy atom. The first-order chi connectivity index (χ1) is 7.22. The van der Waals surface area contributed by atoms with E-state index in [-0.39, 0.29) is 12.4 Å². The van der Waals surface area contributed by atoms with Gasteiger partial charge >= 0.3 is 0 Å². The fourth-order valence-corrected chi connectivity index (χ4v) is 2.27. The Bertz CT molecular complexity index is 481. The van der Waals surface area contributed by atoms with Crippen molar-refractivity contribution in [2.45, 2.75) is 13.5 Å². The number of aliphatic hydroxyl groups is 1. The molecule has 2 nitrogen and oxygen atoms in total. The molecule has 0 spiro atoms. The van der Waals surface area contributed by atoms with E-state index in [1.165, 1.54) is 17.4 Å². The third kappa shape index (κ3) is 1.91. The van der Waals surface area contributed by atoms with Gasteiger partial charge < -0.3 is 5.11 Å². The molecular formula is C11H10FNOS. The number of hydrogen-bond donors (Lipinski definition) is 1. The maximum Gasteiger partial charge on any atom is 0.133 e. The van der Waals surface area contributed by atoms with Crippen molar-refractivity contribution in [3.8, 4) is 10.6 Å². The Kier molecular flexibility index (Phi) is 2.79. The first kappa shape index (κ1) is 10.3. The van der Waals surface area contributed by atoms with Crippen LogP contribution in [-0.4, -0.2) is 10.1 Å². The summed E-state index contributed by atoms with van der Waals surface area (Å²) in [6, 6.07) is 6.51. The molecule has 0 bridgehead atoms. The van der Waals surface area contributed by atoms with Crippen LogP contribution in [0.5, 0.6) is 0 Å². The highest BCUT2D eigenvalue weighted by Crippen LogP contribution is 2.29. The number of rotatable bonds is 2. The van der Waals surface area contributed by atoms with Crippen LogP contribution in [0.3, 0.4) is 0 Å². The maximum atomic E-state index is 13.4. The van der Waals surface area contributed by atoms with Gasteiger partial charge in [-0.15, -0.1) is 11.3 Å². The Hall–Kier alpha value is -1.26. The minimum atomic E-state index is -0.282. The fourth-order valence-electron chi connectivity index (χ4n) is 1.32. The van der Waals surface area contributed by atoms with Gasteiger partial charge in [-0.25, -0.2) is 9.37 Å². The predicted octanol–water partition coefficient (Wildman–Crippen LogP) is 2.75. The molecule has 0 saturated heterocycles. The molecule has 0 fully saturated rings. The Morgan fingerprint density at radius 2 is 2.13 bits per heavy atom. The van der Waals surface area contributed by atoms with Gasteiger partial charge in [0, 0.05) is 10.4 Å². The molecule has 0 saturated carbocycles. The highest BCUT2D eigenvalue weighted by atomic mass is 32.1. The first-order valence-corrected chi connectivity index (χ1v) is 5.36. The number of thiazole rings is 1. The third-order valence-corrected chi connectivity index (χ3v) is 3.19. The molecule has 1 N–H and O–H groups in total. The Balaban J connectivity index is 2.50. The van der Waals surface area contributed by atoms with Crippen LogP contribution in [0.25, 0.3) is 10.6 Å². The van der Waals surface area contributed by atoms with E-state index in [1.54, 1.807) is 18.2 Å². The zero-order valence-electron chi connectivity index (χ0n) is 8.20. The molecule has 1 aromatic carbocycles. The van der Waals surface area contributed by atoms with Gasteiger partial charge in [0.05, 0.1) is 12.3 Å². The number of aryl methyl sites for hydroxylation is 1. The number of benzene rings is 1. The van der Waals surface area contributed by atoms with E-state index in [2.05, 4.69) is 4.98 Å². The van der Waals surface area contributed by atoms with Crippen LogP contribution in [0.15, 0.2) is 24.3 Å². The molecule has 78 valence electrons. The van der Waals surface area contributed by atoms with Gasteiger partial charge in [-0.05, 0) is 19.1 Å². The van der Waals surface area contributed by atoms with Crippen LogP contribution in [0.2, 0.25) is 0 Å². The van der Waals surface area contributed by atoms with Crippen molar-refractivity contribution in [2.75, 3.05) is 0 Å². The summed E-state index contributed by atoms with van der Waals surface area (Å²) in [7, 11) is 0. The zero-order valence-corrected chi connectivity index (χ0v) is 9.01. The van der Waals surface area contributed by atoms with Crippen molar-refractivity contribution in [1.29, 1.82) is 0 Å². The molecule has 15 heavy (non-hydrogen) atoms. The summed E-state index contributed by atoms with van der Waals surface area (Å²) in [5, 5.41) is 9.62. The summed E-state index contributed by atoms with van der Waals surface area (Å²) in [5.74, 6) is -0.282. The topological polar surface area (TPSA) is 33.1 Å².